The first-order valence-corrected chi connectivity index (χ1v) is 5.86. The second-order valence-electron chi connectivity index (χ2n) is 4.05. The second kappa shape index (κ2) is 2.89. The van der Waals surface area contributed by atoms with Crippen LogP contribution in [-0.4, -0.2) is 41.8 Å². The summed E-state index contributed by atoms with van der Waals surface area (Å²) in [6.07, 6.45) is 0.501. The van der Waals surface area contributed by atoms with Crippen LogP contribution in [0.5, 0.6) is 0 Å². The van der Waals surface area contributed by atoms with Gasteiger partial charge in [0, 0.05) is 11.3 Å². The molecule has 2 bridgehead atoms. The number of rotatable bonds is 2. The molecule has 0 spiro atoms. The summed E-state index contributed by atoms with van der Waals surface area (Å²) >= 11 is 0. The summed E-state index contributed by atoms with van der Waals surface area (Å²) in [7, 11) is 2.04. The SMILES string of the molecule is CN([O-])OC1C2CC3C(=O)OC1C3P2. The molecule has 3 fully saturated rings. The van der Waals surface area contributed by atoms with Crippen molar-refractivity contribution < 1.29 is 14.4 Å². The number of esters is 1. The summed E-state index contributed by atoms with van der Waals surface area (Å²) in [5.74, 6) is 0.00907. The van der Waals surface area contributed by atoms with Crippen LogP contribution in [0.15, 0.2) is 0 Å². The zero-order valence-electron chi connectivity index (χ0n) is 7.67. The molecule has 14 heavy (non-hydrogen) atoms. The van der Waals surface area contributed by atoms with Crippen molar-refractivity contribution in [1.29, 1.82) is 0 Å². The Morgan fingerprint density at radius 1 is 1.71 bits per heavy atom. The molecular formula is C8H11NO4P-. The average molecular weight is 216 g/mol. The van der Waals surface area contributed by atoms with Gasteiger partial charge in [-0.3, -0.25) is 10.0 Å². The molecule has 3 rings (SSSR count). The fourth-order valence-corrected chi connectivity index (χ4v) is 5.02. The van der Waals surface area contributed by atoms with Crippen LogP contribution < -0.4 is 0 Å². The zero-order chi connectivity index (χ0) is 9.87. The molecule has 0 amide bonds. The van der Waals surface area contributed by atoms with Crippen molar-refractivity contribution >= 4 is 14.6 Å². The van der Waals surface area contributed by atoms with E-state index in [1.165, 1.54) is 7.05 Å². The van der Waals surface area contributed by atoms with Gasteiger partial charge in [0.05, 0.1) is 5.92 Å². The highest BCUT2D eigenvalue weighted by Crippen LogP contribution is 2.59. The Balaban J connectivity index is 1.82. The highest BCUT2D eigenvalue weighted by Gasteiger charge is 2.62. The predicted molar refractivity (Wildman–Crippen MR) is 49.9 cm³/mol. The number of hydrogen-bond donors (Lipinski definition) is 0. The van der Waals surface area contributed by atoms with E-state index >= 15 is 0 Å². The molecule has 5 nitrogen and oxygen atoms in total. The lowest BCUT2D eigenvalue weighted by Gasteiger charge is -2.31. The molecule has 3 aliphatic heterocycles. The van der Waals surface area contributed by atoms with Gasteiger partial charge in [-0.25, -0.2) is 0 Å². The number of carbonyl (C=O) groups excluding carboxylic acids is 1. The van der Waals surface area contributed by atoms with Crippen LogP contribution in [0.25, 0.3) is 0 Å². The smallest absolute Gasteiger partial charge is 0.310 e. The van der Waals surface area contributed by atoms with Gasteiger partial charge in [-0.2, -0.15) is 0 Å². The summed E-state index contributed by atoms with van der Waals surface area (Å²) in [6, 6.07) is 0. The molecular weight excluding hydrogens is 205 g/mol. The molecule has 3 aliphatic rings. The Labute approximate surface area is 83.0 Å². The van der Waals surface area contributed by atoms with Crippen molar-refractivity contribution in [2.24, 2.45) is 5.92 Å². The minimum atomic E-state index is -0.191. The van der Waals surface area contributed by atoms with Gasteiger partial charge < -0.3 is 14.8 Å². The molecule has 0 aromatic heterocycles. The van der Waals surface area contributed by atoms with Gasteiger partial charge >= 0.3 is 5.97 Å². The first kappa shape index (κ1) is 9.04. The van der Waals surface area contributed by atoms with E-state index in [1.807, 2.05) is 0 Å². The standard InChI is InChI=1S/C8H11NO4P/c1-9(11)13-5-4-2-3-7(14-4)6(5)12-8(3)10/h3-7,14H,2H2,1H3/q-1. The molecule has 3 heterocycles. The second-order valence-corrected chi connectivity index (χ2v) is 5.79. The van der Waals surface area contributed by atoms with Crippen molar-refractivity contribution in [3.8, 4) is 0 Å². The van der Waals surface area contributed by atoms with E-state index in [4.69, 9.17) is 9.57 Å². The number of ether oxygens (including phenoxy) is 1. The number of hydrogen-bond acceptors (Lipinski definition) is 5. The molecule has 0 radical (unpaired) electrons. The lowest BCUT2D eigenvalue weighted by molar-refractivity contribution is -0.182. The molecule has 6 atom stereocenters. The number of hydroxylamine groups is 2. The van der Waals surface area contributed by atoms with Crippen LogP contribution >= 0.6 is 8.58 Å². The van der Waals surface area contributed by atoms with Crippen LogP contribution in [0.3, 0.4) is 0 Å². The van der Waals surface area contributed by atoms with E-state index in [0.29, 0.717) is 16.5 Å². The number of fused-ring (bicyclic) bond motifs is 1. The van der Waals surface area contributed by atoms with Gasteiger partial charge in [0.1, 0.15) is 12.2 Å². The van der Waals surface area contributed by atoms with E-state index in [-0.39, 0.29) is 24.1 Å². The van der Waals surface area contributed by atoms with Crippen LogP contribution in [-0.2, 0) is 14.4 Å². The summed E-state index contributed by atoms with van der Waals surface area (Å²) < 4.78 is 5.23. The van der Waals surface area contributed by atoms with E-state index in [2.05, 4.69) is 0 Å². The third-order valence-electron chi connectivity index (χ3n) is 3.25. The van der Waals surface area contributed by atoms with Crippen LogP contribution in [0, 0.1) is 11.1 Å². The van der Waals surface area contributed by atoms with Gasteiger partial charge in [0.2, 0.25) is 0 Å². The van der Waals surface area contributed by atoms with Crippen molar-refractivity contribution in [3.63, 3.8) is 0 Å². The topological polar surface area (TPSA) is 61.8 Å². The van der Waals surface area contributed by atoms with Crippen LogP contribution in [0.4, 0.5) is 0 Å². The third kappa shape index (κ3) is 1.07. The first-order chi connectivity index (χ1) is 6.66. The Morgan fingerprint density at radius 2 is 2.50 bits per heavy atom. The molecule has 0 saturated carbocycles. The van der Waals surface area contributed by atoms with Gasteiger partial charge in [0.15, 0.2) is 0 Å². The molecule has 6 heteroatoms. The largest absolute Gasteiger partial charge is 0.762 e. The molecule has 0 aromatic rings. The normalized spacial score (nSPS) is 50.8. The highest BCUT2D eigenvalue weighted by atomic mass is 31.1. The molecule has 0 aliphatic carbocycles. The van der Waals surface area contributed by atoms with E-state index in [0.717, 1.165) is 15.0 Å². The van der Waals surface area contributed by atoms with Crippen molar-refractivity contribution in [2.75, 3.05) is 7.05 Å². The predicted octanol–water partition coefficient (Wildman–Crippen LogP) is 0.0908. The maximum atomic E-state index is 11.4. The minimum absolute atomic E-state index is 0.0883. The summed E-state index contributed by atoms with van der Waals surface area (Å²) in [4.78, 5) is 16.5. The van der Waals surface area contributed by atoms with Gasteiger partial charge in [-0.15, -0.1) is 8.58 Å². The fraction of sp³-hybridized carbons (Fsp3) is 0.875. The van der Waals surface area contributed by atoms with Crippen molar-refractivity contribution in [3.05, 3.63) is 5.21 Å². The lowest BCUT2D eigenvalue weighted by Crippen LogP contribution is -2.41. The zero-order valence-corrected chi connectivity index (χ0v) is 8.67. The summed E-state index contributed by atoms with van der Waals surface area (Å²) in [5, 5.41) is 11.3. The number of nitrogens with zero attached hydrogens (tertiary/aromatic N) is 1. The monoisotopic (exact) mass is 216 g/mol. The molecule has 0 N–H and O–H groups in total. The molecule has 6 unspecified atom stereocenters. The maximum absolute atomic E-state index is 11.4. The van der Waals surface area contributed by atoms with E-state index in [9.17, 15) is 10.0 Å². The molecule has 0 aromatic carbocycles. The quantitative estimate of drug-likeness (QED) is 0.372. The highest BCUT2D eigenvalue weighted by molar-refractivity contribution is 7.41. The lowest BCUT2D eigenvalue weighted by atomic mass is 9.88. The Bertz CT molecular complexity index is 285. The Morgan fingerprint density at radius 3 is 3.21 bits per heavy atom. The van der Waals surface area contributed by atoms with Gasteiger partial charge in [0.25, 0.3) is 0 Å². The van der Waals surface area contributed by atoms with Crippen LogP contribution in [0.2, 0.25) is 0 Å². The molecule has 78 valence electrons. The third-order valence-corrected chi connectivity index (χ3v) is 5.36. The Kier molecular flexibility index (Phi) is 1.86. The first-order valence-electron chi connectivity index (χ1n) is 4.71. The Hall–Kier alpha value is -0.220. The van der Waals surface area contributed by atoms with E-state index in [1.54, 1.807) is 0 Å². The summed E-state index contributed by atoms with van der Waals surface area (Å²) in [6.45, 7) is 0. The number of carbonyl (C=O) groups is 1. The van der Waals surface area contributed by atoms with E-state index < -0.39 is 0 Å². The van der Waals surface area contributed by atoms with Crippen molar-refractivity contribution in [1.82, 2.24) is 5.23 Å². The maximum Gasteiger partial charge on any atom is 0.310 e. The summed E-state index contributed by atoms with van der Waals surface area (Å²) in [5.41, 5.74) is 0.690. The van der Waals surface area contributed by atoms with Crippen molar-refractivity contribution in [2.45, 2.75) is 29.9 Å². The van der Waals surface area contributed by atoms with Gasteiger partial charge in [-0.05, 0) is 13.5 Å². The fourth-order valence-electron chi connectivity index (χ4n) is 2.75. The minimum Gasteiger partial charge on any atom is -0.762 e. The average Bonchev–Trinajstić information content (AvgIpc) is 2.67. The van der Waals surface area contributed by atoms with Crippen LogP contribution in [0.1, 0.15) is 6.42 Å². The van der Waals surface area contributed by atoms with Gasteiger partial charge in [-0.1, -0.05) is 0 Å². The molecule has 3 saturated heterocycles.